The molecule has 5 nitrogen and oxygen atoms in total. The molecule has 4 rings (SSSR count). The fourth-order valence-electron chi connectivity index (χ4n) is 3.56. The Kier molecular flexibility index (Phi) is 5.22. The zero-order valence-electron chi connectivity index (χ0n) is 16.8. The van der Waals surface area contributed by atoms with Crippen molar-refractivity contribution in [1.82, 2.24) is 9.88 Å². The van der Waals surface area contributed by atoms with Crippen LogP contribution in [0.25, 0.3) is 16.5 Å². The van der Waals surface area contributed by atoms with E-state index in [1.165, 1.54) is 6.92 Å². The van der Waals surface area contributed by atoms with Crippen LogP contribution in [0.2, 0.25) is 0 Å². The Bertz CT molecular complexity index is 1270. The highest BCUT2D eigenvalue weighted by molar-refractivity contribution is 6.12. The quantitative estimate of drug-likeness (QED) is 0.372. The first-order chi connectivity index (χ1) is 15.4. The maximum Gasteiger partial charge on any atom is 0.422 e. The Morgan fingerprint density at radius 3 is 2.18 bits per heavy atom. The molecule has 1 aliphatic heterocycles. The SMILES string of the molecule is CC(=C1OC(=O)N(Cc2cc(C(F)(F)F)cc(C(F)(F)F)c2)C1=O)c1c[nH]c2ccccc12. The van der Waals surface area contributed by atoms with Crippen molar-refractivity contribution >= 4 is 28.5 Å². The molecule has 0 unspecified atom stereocenters. The van der Waals surface area contributed by atoms with Crippen molar-refractivity contribution in [2.24, 2.45) is 0 Å². The second kappa shape index (κ2) is 7.68. The Hall–Kier alpha value is -3.76. The van der Waals surface area contributed by atoms with Gasteiger partial charge in [-0.15, -0.1) is 0 Å². The molecule has 0 radical (unpaired) electrons. The van der Waals surface area contributed by atoms with Crippen LogP contribution < -0.4 is 0 Å². The summed E-state index contributed by atoms with van der Waals surface area (Å²) in [5, 5.41) is 0.734. The van der Waals surface area contributed by atoms with Gasteiger partial charge in [0.05, 0.1) is 17.7 Å². The van der Waals surface area contributed by atoms with Gasteiger partial charge in [0.25, 0.3) is 5.91 Å². The molecule has 0 saturated carbocycles. The number of aromatic nitrogens is 1. The molecule has 2 heterocycles. The lowest BCUT2D eigenvalue weighted by Crippen LogP contribution is -2.28. The van der Waals surface area contributed by atoms with Crippen molar-refractivity contribution in [3.05, 3.63) is 76.7 Å². The molecule has 3 aromatic rings. The number of nitrogens with one attached hydrogen (secondary N) is 1. The molecule has 0 atom stereocenters. The number of cyclic esters (lactones) is 1. The third-order valence-corrected chi connectivity index (χ3v) is 5.17. The van der Waals surface area contributed by atoms with Gasteiger partial charge in [0.2, 0.25) is 5.76 Å². The number of amides is 2. The van der Waals surface area contributed by atoms with Crippen LogP contribution >= 0.6 is 0 Å². The number of alkyl halides is 6. The summed E-state index contributed by atoms with van der Waals surface area (Å²) in [5.41, 5.74) is -2.01. The Labute approximate surface area is 182 Å². The number of fused-ring (bicyclic) bond motifs is 1. The van der Waals surface area contributed by atoms with E-state index in [-0.39, 0.29) is 17.4 Å². The largest absolute Gasteiger partial charge is 0.422 e. The fraction of sp³-hybridized carbons (Fsp3) is 0.182. The third-order valence-electron chi connectivity index (χ3n) is 5.17. The van der Waals surface area contributed by atoms with Crippen LogP contribution in [0.15, 0.2) is 54.4 Å². The van der Waals surface area contributed by atoms with Gasteiger partial charge in [-0.05, 0) is 36.8 Å². The number of H-pyrrole nitrogens is 1. The molecule has 172 valence electrons. The van der Waals surface area contributed by atoms with Gasteiger partial charge in [0, 0.05) is 28.2 Å². The van der Waals surface area contributed by atoms with E-state index >= 15 is 0 Å². The molecule has 1 N–H and O–H groups in total. The first kappa shape index (κ1) is 22.4. The summed E-state index contributed by atoms with van der Waals surface area (Å²) in [7, 11) is 0. The molecule has 0 spiro atoms. The number of ether oxygens (including phenoxy) is 1. The molecular weight excluding hydrogens is 454 g/mol. The van der Waals surface area contributed by atoms with E-state index in [1.807, 2.05) is 0 Å². The van der Waals surface area contributed by atoms with E-state index in [2.05, 4.69) is 4.98 Å². The fourth-order valence-corrected chi connectivity index (χ4v) is 3.56. The Morgan fingerprint density at radius 1 is 0.970 bits per heavy atom. The normalized spacial score (nSPS) is 16.5. The van der Waals surface area contributed by atoms with Crippen LogP contribution in [-0.2, 0) is 28.4 Å². The van der Waals surface area contributed by atoms with E-state index in [1.54, 1.807) is 30.5 Å². The lowest BCUT2D eigenvalue weighted by atomic mass is 10.0. The Morgan fingerprint density at radius 2 is 1.58 bits per heavy atom. The minimum absolute atomic E-state index is 0.0277. The number of halogens is 6. The molecule has 1 saturated heterocycles. The number of hydrogen-bond donors (Lipinski definition) is 1. The van der Waals surface area contributed by atoms with Gasteiger partial charge in [-0.2, -0.15) is 26.3 Å². The summed E-state index contributed by atoms with van der Waals surface area (Å²) in [6.45, 7) is 0.695. The van der Waals surface area contributed by atoms with Gasteiger partial charge < -0.3 is 9.72 Å². The maximum atomic E-state index is 13.1. The summed E-state index contributed by atoms with van der Waals surface area (Å²) in [5.74, 6) is -1.32. The van der Waals surface area contributed by atoms with Crippen molar-refractivity contribution in [2.45, 2.75) is 25.8 Å². The van der Waals surface area contributed by atoms with Gasteiger partial charge >= 0.3 is 18.4 Å². The average Bonchev–Trinajstić information content (AvgIpc) is 3.28. The number of imide groups is 1. The van der Waals surface area contributed by atoms with Gasteiger partial charge in [-0.25, -0.2) is 9.69 Å². The van der Waals surface area contributed by atoms with E-state index in [0.717, 1.165) is 10.9 Å². The molecule has 1 fully saturated rings. The van der Waals surface area contributed by atoms with E-state index in [9.17, 15) is 35.9 Å². The van der Waals surface area contributed by atoms with Crippen LogP contribution in [0.1, 0.15) is 29.2 Å². The number of para-hydroxylation sites is 1. The van der Waals surface area contributed by atoms with E-state index in [4.69, 9.17) is 4.74 Å². The summed E-state index contributed by atoms with van der Waals surface area (Å²) in [6.07, 6.45) is -9.70. The van der Waals surface area contributed by atoms with Gasteiger partial charge in [-0.3, -0.25) is 4.79 Å². The van der Waals surface area contributed by atoms with Crippen LogP contribution in [0.3, 0.4) is 0 Å². The summed E-state index contributed by atoms with van der Waals surface area (Å²) >= 11 is 0. The molecule has 1 aliphatic rings. The van der Waals surface area contributed by atoms with Gasteiger partial charge in [-0.1, -0.05) is 18.2 Å². The smallest absolute Gasteiger partial charge is 0.404 e. The van der Waals surface area contributed by atoms with E-state index in [0.29, 0.717) is 22.6 Å². The van der Waals surface area contributed by atoms with Gasteiger partial charge in [0.1, 0.15) is 0 Å². The predicted molar refractivity (Wildman–Crippen MR) is 104 cm³/mol. The molecule has 0 bridgehead atoms. The number of rotatable bonds is 3. The first-order valence-corrected chi connectivity index (χ1v) is 9.45. The maximum absolute atomic E-state index is 13.1. The predicted octanol–water partition coefficient (Wildman–Crippen LogP) is 6.12. The second-order valence-electron chi connectivity index (χ2n) is 7.38. The van der Waals surface area contributed by atoms with E-state index < -0.39 is 47.6 Å². The number of carbonyl (C=O) groups is 2. The van der Waals surface area contributed by atoms with Crippen molar-refractivity contribution in [3.63, 3.8) is 0 Å². The number of allylic oxidation sites excluding steroid dienone is 1. The summed E-state index contributed by atoms with van der Waals surface area (Å²) in [6, 6.07) is 8.01. The number of carbonyl (C=O) groups excluding carboxylic acids is 2. The minimum atomic E-state index is -5.05. The molecule has 2 amide bonds. The lowest BCUT2D eigenvalue weighted by Gasteiger charge is -2.16. The number of hydrogen-bond acceptors (Lipinski definition) is 3. The molecule has 1 aromatic heterocycles. The first-order valence-electron chi connectivity index (χ1n) is 9.45. The highest BCUT2D eigenvalue weighted by Gasteiger charge is 2.40. The average molecular weight is 468 g/mol. The standard InChI is InChI=1S/C22H14F6N2O3/c1-11(16-9-29-17-5-3-2-4-15(16)17)18-19(31)30(20(32)33-18)10-12-6-13(21(23,24)25)8-14(7-12)22(26,27)28/h2-9,29H,10H2,1H3. The van der Waals surface area contributed by atoms with Crippen LogP contribution in [-0.4, -0.2) is 21.9 Å². The molecule has 0 aliphatic carbocycles. The molecular formula is C22H14F6N2O3. The third kappa shape index (κ3) is 4.18. The van der Waals surface area contributed by atoms with Crippen molar-refractivity contribution in [1.29, 1.82) is 0 Å². The van der Waals surface area contributed by atoms with Gasteiger partial charge in [0.15, 0.2) is 0 Å². The van der Waals surface area contributed by atoms with Crippen LogP contribution in [0.5, 0.6) is 0 Å². The van der Waals surface area contributed by atoms with Crippen molar-refractivity contribution in [3.8, 4) is 0 Å². The van der Waals surface area contributed by atoms with Crippen LogP contribution in [0.4, 0.5) is 31.1 Å². The minimum Gasteiger partial charge on any atom is -0.404 e. The number of aromatic amines is 1. The lowest BCUT2D eigenvalue weighted by molar-refractivity contribution is -0.143. The zero-order chi connectivity index (χ0) is 24.1. The zero-order valence-corrected chi connectivity index (χ0v) is 16.8. The monoisotopic (exact) mass is 468 g/mol. The highest BCUT2D eigenvalue weighted by Crippen LogP contribution is 2.37. The summed E-state index contributed by atoms with van der Waals surface area (Å²) < 4.78 is 83.7. The topological polar surface area (TPSA) is 62.4 Å². The van der Waals surface area contributed by atoms with Crippen molar-refractivity contribution in [2.75, 3.05) is 0 Å². The second-order valence-corrected chi connectivity index (χ2v) is 7.38. The summed E-state index contributed by atoms with van der Waals surface area (Å²) in [4.78, 5) is 28.6. The molecule has 33 heavy (non-hydrogen) atoms. The molecule has 2 aromatic carbocycles. The van der Waals surface area contributed by atoms with Crippen LogP contribution in [0, 0.1) is 0 Å². The molecule has 11 heteroatoms. The van der Waals surface area contributed by atoms with Crippen molar-refractivity contribution < 1.29 is 40.7 Å². The Balaban J connectivity index is 1.70. The highest BCUT2D eigenvalue weighted by atomic mass is 19.4. The number of nitrogens with zero attached hydrogens (tertiary/aromatic N) is 1. The number of benzene rings is 2.